The van der Waals surface area contributed by atoms with Crippen LogP contribution in [0.2, 0.25) is 0 Å². The summed E-state index contributed by atoms with van der Waals surface area (Å²) in [5.41, 5.74) is 1.40. The van der Waals surface area contributed by atoms with Crippen LogP contribution in [-0.4, -0.2) is 18.6 Å². The summed E-state index contributed by atoms with van der Waals surface area (Å²) in [6.07, 6.45) is 1.22. The summed E-state index contributed by atoms with van der Waals surface area (Å²) in [7, 11) is 0. The van der Waals surface area contributed by atoms with Gasteiger partial charge < -0.3 is 10.6 Å². The molecule has 2 aromatic carbocycles. The molecule has 100 valence electrons. The lowest BCUT2D eigenvalue weighted by Crippen LogP contribution is -2.33. The number of hydrogen-bond donors (Lipinski definition) is 2. The van der Waals surface area contributed by atoms with Gasteiger partial charge in [-0.25, -0.2) is 0 Å². The van der Waals surface area contributed by atoms with E-state index in [1.807, 2.05) is 0 Å². The van der Waals surface area contributed by atoms with Crippen LogP contribution in [-0.2, 0) is 0 Å². The van der Waals surface area contributed by atoms with Crippen molar-refractivity contribution < 1.29 is 0 Å². The standard InChI is InChI=1S/C17H22N2/c1-12-10-15(11-18-12)19-13(2)16-9-5-7-14-6-3-4-8-17(14)16/h3-9,12-13,15,18-19H,10-11H2,1-2H3/t12-,13?,15+/m1/s1. The Morgan fingerprint density at radius 3 is 2.74 bits per heavy atom. The molecule has 1 heterocycles. The Balaban J connectivity index is 1.83. The van der Waals surface area contributed by atoms with Crippen LogP contribution in [0.5, 0.6) is 0 Å². The van der Waals surface area contributed by atoms with Crippen LogP contribution >= 0.6 is 0 Å². The largest absolute Gasteiger partial charge is 0.313 e. The fourth-order valence-electron chi connectivity index (χ4n) is 3.14. The van der Waals surface area contributed by atoms with Gasteiger partial charge in [0.15, 0.2) is 0 Å². The Morgan fingerprint density at radius 2 is 1.95 bits per heavy atom. The second-order valence-corrected chi connectivity index (χ2v) is 5.70. The predicted octanol–water partition coefficient (Wildman–Crippen LogP) is 3.24. The van der Waals surface area contributed by atoms with Gasteiger partial charge in [-0.2, -0.15) is 0 Å². The van der Waals surface area contributed by atoms with E-state index in [9.17, 15) is 0 Å². The van der Waals surface area contributed by atoms with Crippen LogP contribution in [0.15, 0.2) is 42.5 Å². The molecule has 1 aliphatic heterocycles. The molecule has 3 rings (SSSR count). The van der Waals surface area contributed by atoms with E-state index in [0.29, 0.717) is 18.1 Å². The number of fused-ring (bicyclic) bond motifs is 1. The molecule has 1 fully saturated rings. The van der Waals surface area contributed by atoms with E-state index in [1.165, 1.54) is 22.8 Å². The SMILES string of the molecule is CC(N[C@@H]1CN[C@H](C)C1)c1cccc2ccccc12. The van der Waals surface area contributed by atoms with E-state index in [4.69, 9.17) is 0 Å². The second-order valence-electron chi connectivity index (χ2n) is 5.70. The maximum absolute atomic E-state index is 3.76. The van der Waals surface area contributed by atoms with Gasteiger partial charge in [-0.15, -0.1) is 0 Å². The van der Waals surface area contributed by atoms with Gasteiger partial charge in [0.25, 0.3) is 0 Å². The Bertz CT molecular complexity index is 559. The smallest absolute Gasteiger partial charge is 0.0301 e. The van der Waals surface area contributed by atoms with Gasteiger partial charge in [0.1, 0.15) is 0 Å². The Labute approximate surface area is 115 Å². The topological polar surface area (TPSA) is 24.1 Å². The van der Waals surface area contributed by atoms with Gasteiger partial charge in [-0.05, 0) is 36.6 Å². The minimum Gasteiger partial charge on any atom is -0.313 e. The van der Waals surface area contributed by atoms with Crippen LogP contribution in [0.3, 0.4) is 0 Å². The maximum Gasteiger partial charge on any atom is 0.0301 e. The quantitative estimate of drug-likeness (QED) is 0.878. The second kappa shape index (κ2) is 5.32. The third-order valence-electron chi connectivity index (χ3n) is 4.13. The molecule has 2 heteroatoms. The molecule has 0 spiro atoms. The van der Waals surface area contributed by atoms with E-state index in [0.717, 1.165) is 6.54 Å². The highest BCUT2D eigenvalue weighted by molar-refractivity contribution is 5.86. The van der Waals surface area contributed by atoms with Crippen LogP contribution in [0.4, 0.5) is 0 Å². The average Bonchev–Trinajstić information content (AvgIpc) is 2.83. The molecule has 1 unspecified atom stereocenters. The summed E-state index contributed by atoms with van der Waals surface area (Å²) in [6, 6.07) is 16.8. The molecule has 0 bridgehead atoms. The first kappa shape index (κ1) is 12.6. The fraction of sp³-hybridized carbons (Fsp3) is 0.412. The zero-order valence-electron chi connectivity index (χ0n) is 11.7. The molecule has 0 aliphatic carbocycles. The lowest BCUT2D eigenvalue weighted by Gasteiger charge is -2.20. The molecule has 19 heavy (non-hydrogen) atoms. The van der Waals surface area contributed by atoms with Crippen LogP contribution < -0.4 is 10.6 Å². The zero-order valence-corrected chi connectivity index (χ0v) is 11.7. The van der Waals surface area contributed by atoms with E-state index in [2.05, 4.69) is 66.9 Å². The molecular weight excluding hydrogens is 232 g/mol. The first-order valence-corrected chi connectivity index (χ1v) is 7.21. The van der Waals surface area contributed by atoms with Crippen LogP contribution in [0, 0.1) is 0 Å². The van der Waals surface area contributed by atoms with Gasteiger partial charge >= 0.3 is 0 Å². The monoisotopic (exact) mass is 254 g/mol. The highest BCUT2D eigenvalue weighted by Gasteiger charge is 2.22. The molecule has 2 N–H and O–H groups in total. The van der Waals surface area contributed by atoms with E-state index < -0.39 is 0 Å². The Morgan fingerprint density at radius 1 is 1.16 bits per heavy atom. The Hall–Kier alpha value is -1.38. The lowest BCUT2D eigenvalue weighted by molar-refractivity contribution is 0.475. The highest BCUT2D eigenvalue weighted by Crippen LogP contribution is 2.25. The number of rotatable bonds is 3. The maximum atomic E-state index is 3.76. The normalized spacial score (nSPS) is 24.7. The molecular formula is C17H22N2. The highest BCUT2D eigenvalue weighted by atomic mass is 15.1. The minimum atomic E-state index is 0.392. The van der Waals surface area contributed by atoms with E-state index in [1.54, 1.807) is 0 Å². The molecule has 0 radical (unpaired) electrons. The summed E-state index contributed by atoms with van der Waals surface area (Å²) < 4.78 is 0. The van der Waals surface area contributed by atoms with Crippen molar-refractivity contribution in [1.29, 1.82) is 0 Å². The van der Waals surface area contributed by atoms with Crippen molar-refractivity contribution in [1.82, 2.24) is 10.6 Å². The van der Waals surface area contributed by atoms with E-state index >= 15 is 0 Å². The van der Waals surface area contributed by atoms with Crippen molar-refractivity contribution in [3.8, 4) is 0 Å². The third kappa shape index (κ3) is 2.65. The first-order chi connectivity index (χ1) is 9.24. The summed E-state index contributed by atoms with van der Waals surface area (Å²) in [5.74, 6) is 0. The van der Waals surface area contributed by atoms with Crippen molar-refractivity contribution in [2.45, 2.75) is 38.4 Å². The van der Waals surface area contributed by atoms with Gasteiger partial charge in [0, 0.05) is 24.7 Å². The molecule has 0 saturated carbocycles. The average molecular weight is 254 g/mol. The minimum absolute atomic E-state index is 0.392. The fourth-order valence-corrected chi connectivity index (χ4v) is 3.14. The summed E-state index contributed by atoms with van der Waals surface area (Å²) in [6.45, 7) is 5.60. The summed E-state index contributed by atoms with van der Waals surface area (Å²) in [5, 5.41) is 9.95. The van der Waals surface area contributed by atoms with Gasteiger partial charge in [0.2, 0.25) is 0 Å². The van der Waals surface area contributed by atoms with Crippen LogP contribution in [0.1, 0.15) is 31.9 Å². The van der Waals surface area contributed by atoms with Crippen LogP contribution in [0.25, 0.3) is 10.8 Å². The molecule has 3 atom stereocenters. The lowest BCUT2D eigenvalue weighted by atomic mass is 9.99. The van der Waals surface area contributed by atoms with E-state index in [-0.39, 0.29) is 0 Å². The van der Waals surface area contributed by atoms with Crippen molar-refractivity contribution in [3.63, 3.8) is 0 Å². The molecule has 0 aromatic heterocycles. The predicted molar refractivity (Wildman–Crippen MR) is 81.4 cm³/mol. The molecule has 1 aliphatic rings. The molecule has 2 nitrogen and oxygen atoms in total. The third-order valence-corrected chi connectivity index (χ3v) is 4.13. The Kier molecular flexibility index (Phi) is 3.54. The van der Waals surface area contributed by atoms with Crippen molar-refractivity contribution >= 4 is 10.8 Å². The molecule has 1 saturated heterocycles. The molecule has 2 aromatic rings. The number of hydrogen-bond acceptors (Lipinski definition) is 2. The summed E-state index contributed by atoms with van der Waals surface area (Å²) in [4.78, 5) is 0. The van der Waals surface area contributed by atoms with Crippen molar-refractivity contribution in [2.75, 3.05) is 6.54 Å². The first-order valence-electron chi connectivity index (χ1n) is 7.21. The van der Waals surface area contributed by atoms with Crippen molar-refractivity contribution in [2.24, 2.45) is 0 Å². The van der Waals surface area contributed by atoms with Gasteiger partial charge in [-0.1, -0.05) is 42.5 Å². The summed E-state index contributed by atoms with van der Waals surface area (Å²) >= 11 is 0. The molecule has 0 amide bonds. The number of benzene rings is 2. The zero-order chi connectivity index (χ0) is 13.2. The van der Waals surface area contributed by atoms with Gasteiger partial charge in [0.05, 0.1) is 0 Å². The number of nitrogens with one attached hydrogen (secondary N) is 2. The van der Waals surface area contributed by atoms with Gasteiger partial charge in [-0.3, -0.25) is 0 Å². The van der Waals surface area contributed by atoms with Crippen molar-refractivity contribution in [3.05, 3.63) is 48.0 Å².